The van der Waals surface area contributed by atoms with Crippen LogP contribution in [0.3, 0.4) is 0 Å². The van der Waals surface area contributed by atoms with Crippen molar-refractivity contribution >= 4 is 11.6 Å². The van der Waals surface area contributed by atoms with E-state index in [9.17, 15) is 0 Å². The molecule has 2 rings (SSSR count). The lowest BCUT2D eigenvalue weighted by atomic mass is 9.94. The molecule has 0 aromatic heterocycles. The fraction of sp³-hybridized carbons (Fsp3) is 0.467. The Morgan fingerprint density at radius 3 is 2.89 bits per heavy atom. The molecule has 0 spiro atoms. The third-order valence-electron chi connectivity index (χ3n) is 3.26. The summed E-state index contributed by atoms with van der Waals surface area (Å²) in [6.45, 7) is 5.94. The van der Waals surface area contributed by atoms with Crippen molar-refractivity contribution in [3.05, 3.63) is 46.2 Å². The van der Waals surface area contributed by atoms with Gasteiger partial charge in [0, 0.05) is 5.02 Å². The van der Waals surface area contributed by atoms with E-state index in [1.165, 1.54) is 11.1 Å². The van der Waals surface area contributed by atoms with Crippen LogP contribution in [0.15, 0.2) is 30.0 Å². The quantitative estimate of drug-likeness (QED) is 0.889. The van der Waals surface area contributed by atoms with Crippen LogP contribution in [-0.2, 0) is 4.74 Å². The van der Waals surface area contributed by atoms with Crippen molar-refractivity contribution in [3.63, 3.8) is 0 Å². The van der Waals surface area contributed by atoms with Gasteiger partial charge in [0.05, 0.1) is 18.9 Å². The van der Waals surface area contributed by atoms with Gasteiger partial charge in [0.1, 0.15) is 0 Å². The number of benzene rings is 1. The number of hydrogen-bond donors (Lipinski definition) is 1. The maximum Gasteiger partial charge on any atom is 0.0876 e. The first-order valence-corrected chi connectivity index (χ1v) is 6.90. The number of aryl methyl sites for hydroxylation is 1. The second-order valence-corrected chi connectivity index (χ2v) is 5.07. The fourth-order valence-electron chi connectivity index (χ4n) is 2.31. The normalized spacial score (nSPS) is 16.9. The van der Waals surface area contributed by atoms with Crippen LogP contribution in [0.5, 0.6) is 0 Å². The molecule has 0 radical (unpaired) electrons. The Kier molecular flexibility index (Phi) is 4.67. The van der Waals surface area contributed by atoms with Crippen molar-refractivity contribution < 1.29 is 4.74 Å². The van der Waals surface area contributed by atoms with Gasteiger partial charge in [-0.1, -0.05) is 30.7 Å². The highest BCUT2D eigenvalue weighted by atomic mass is 35.5. The first-order chi connectivity index (χ1) is 8.72. The molecule has 0 amide bonds. The van der Waals surface area contributed by atoms with E-state index < -0.39 is 0 Å². The molecule has 0 saturated carbocycles. The maximum atomic E-state index is 6.09. The molecule has 98 valence electrons. The Hall–Kier alpha value is -0.990. The minimum Gasteiger partial charge on any atom is -0.501 e. The molecule has 1 N–H and O–H groups in total. The van der Waals surface area contributed by atoms with Gasteiger partial charge >= 0.3 is 0 Å². The van der Waals surface area contributed by atoms with Crippen molar-refractivity contribution in [2.75, 3.05) is 13.2 Å². The molecular weight excluding hydrogens is 246 g/mol. The van der Waals surface area contributed by atoms with Gasteiger partial charge in [-0.15, -0.1) is 0 Å². The van der Waals surface area contributed by atoms with Crippen molar-refractivity contribution in [2.24, 2.45) is 0 Å². The number of likely N-dealkylation sites (N-methyl/N-ethyl adjacent to an activating group) is 1. The number of nitrogens with one attached hydrogen (secondary N) is 1. The van der Waals surface area contributed by atoms with E-state index in [0.717, 1.165) is 36.6 Å². The van der Waals surface area contributed by atoms with E-state index >= 15 is 0 Å². The summed E-state index contributed by atoms with van der Waals surface area (Å²) in [5, 5.41) is 4.35. The number of ether oxygens (including phenoxy) is 1. The summed E-state index contributed by atoms with van der Waals surface area (Å²) in [5.41, 5.74) is 3.70. The summed E-state index contributed by atoms with van der Waals surface area (Å²) in [4.78, 5) is 0. The lowest BCUT2D eigenvalue weighted by molar-refractivity contribution is 0.219. The van der Waals surface area contributed by atoms with Gasteiger partial charge in [-0.3, -0.25) is 0 Å². The average molecular weight is 266 g/mol. The zero-order valence-corrected chi connectivity index (χ0v) is 11.8. The van der Waals surface area contributed by atoms with Gasteiger partial charge in [0.25, 0.3) is 0 Å². The highest BCUT2D eigenvalue weighted by Gasteiger charge is 2.18. The smallest absolute Gasteiger partial charge is 0.0876 e. The zero-order valence-electron chi connectivity index (χ0n) is 11.0. The molecule has 0 saturated heterocycles. The SMILES string of the molecule is CCNC(C1=COCCC1)c1ccc(Cl)c(C)c1. The van der Waals surface area contributed by atoms with E-state index in [4.69, 9.17) is 16.3 Å². The lowest BCUT2D eigenvalue weighted by Crippen LogP contribution is -2.24. The van der Waals surface area contributed by atoms with Crippen LogP contribution in [0.2, 0.25) is 5.02 Å². The van der Waals surface area contributed by atoms with Crippen LogP contribution >= 0.6 is 11.6 Å². The predicted molar refractivity (Wildman–Crippen MR) is 75.9 cm³/mol. The highest BCUT2D eigenvalue weighted by molar-refractivity contribution is 6.31. The van der Waals surface area contributed by atoms with E-state index in [2.05, 4.69) is 24.4 Å². The van der Waals surface area contributed by atoms with E-state index in [-0.39, 0.29) is 6.04 Å². The third-order valence-corrected chi connectivity index (χ3v) is 3.68. The molecule has 1 aliphatic heterocycles. The number of rotatable bonds is 4. The van der Waals surface area contributed by atoms with Gasteiger partial charge in [0.15, 0.2) is 0 Å². The molecule has 1 atom stereocenters. The molecule has 1 aromatic carbocycles. The molecule has 1 heterocycles. The molecule has 1 aliphatic rings. The fourth-order valence-corrected chi connectivity index (χ4v) is 2.43. The Balaban J connectivity index is 2.28. The van der Waals surface area contributed by atoms with Gasteiger partial charge < -0.3 is 10.1 Å². The van der Waals surface area contributed by atoms with Gasteiger partial charge in [0.2, 0.25) is 0 Å². The summed E-state index contributed by atoms with van der Waals surface area (Å²) in [6.07, 6.45) is 4.11. The van der Waals surface area contributed by atoms with Crippen LogP contribution in [0, 0.1) is 6.92 Å². The Morgan fingerprint density at radius 2 is 2.28 bits per heavy atom. The summed E-state index contributed by atoms with van der Waals surface area (Å²) >= 11 is 6.09. The van der Waals surface area contributed by atoms with Crippen LogP contribution in [0.1, 0.15) is 36.9 Å². The van der Waals surface area contributed by atoms with Crippen molar-refractivity contribution in [3.8, 4) is 0 Å². The summed E-state index contributed by atoms with van der Waals surface area (Å²) < 4.78 is 5.46. The lowest BCUT2D eigenvalue weighted by Gasteiger charge is -2.24. The van der Waals surface area contributed by atoms with E-state index in [1.807, 2.05) is 19.3 Å². The zero-order chi connectivity index (χ0) is 13.0. The Morgan fingerprint density at radius 1 is 1.44 bits per heavy atom. The number of halogens is 1. The second-order valence-electron chi connectivity index (χ2n) is 4.67. The van der Waals surface area contributed by atoms with Crippen molar-refractivity contribution in [1.29, 1.82) is 0 Å². The summed E-state index contributed by atoms with van der Waals surface area (Å²) in [5.74, 6) is 0. The summed E-state index contributed by atoms with van der Waals surface area (Å²) in [6, 6.07) is 6.47. The Bertz CT molecular complexity index is 442. The molecule has 0 fully saturated rings. The molecule has 1 unspecified atom stereocenters. The highest BCUT2D eigenvalue weighted by Crippen LogP contribution is 2.29. The van der Waals surface area contributed by atoms with Crippen LogP contribution in [-0.4, -0.2) is 13.2 Å². The standard InChI is InChI=1S/C15H20ClNO/c1-3-17-15(13-5-4-8-18-10-13)12-6-7-14(16)11(2)9-12/h6-7,9-10,15,17H,3-5,8H2,1-2H3. The van der Waals surface area contributed by atoms with Crippen molar-refractivity contribution in [1.82, 2.24) is 5.32 Å². The van der Waals surface area contributed by atoms with Gasteiger partial charge in [-0.05, 0) is 49.1 Å². The molecule has 2 nitrogen and oxygen atoms in total. The van der Waals surface area contributed by atoms with Crippen molar-refractivity contribution in [2.45, 2.75) is 32.7 Å². The molecule has 0 aliphatic carbocycles. The van der Waals surface area contributed by atoms with Gasteiger partial charge in [-0.2, -0.15) is 0 Å². The largest absolute Gasteiger partial charge is 0.501 e. The first-order valence-electron chi connectivity index (χ1n) is 6.52. The van der Waals surface area contributed by atoms with Crippen LogP contribution in [0.4, 0.5) is 0 Å². The minimum absolute atomic E-state index is 0.242. The topological polar surface area (TPSA) is 21.3 Å². The maximum absolute atomic E-state index is 6.09. The molecule has 1 aromatic rings. The first kappa shape index (κ1) is 13.4. The molecular formula is C15H20ClNO. The third kappa shape index (κ3) is 3.06. The second kappa shape index (κ2) is 6.26. The predicted octanol–water partition coefficient (Wildman–Crippen LogP) is 3.99. The van der Waals surface area contributed by atoms with E-state index in [1.54, 1.807) is 0 Å². The monoisotopic (exact) mass is 265 g/mol. The molecule has 18 heavy (non-hydrogen) atoms. The minimum atomic E-state index is 0.242. The van der Waals surface area contributed by atoms with Crippen LogP contribution in [0.25, 0.3) is 0 Å². The molecule has 3 heteroatoms. The van der Waals surface area contributed by atoms with E-state index in [0.29, 0.717) is 0 Å². The molecule has 0 bridgehead atoms. The van der Waals surface area contributed by atoms with Crippen LogP contribution < -0.4 is 5.32 Å². The average Bonchev–Trinajstić information content (AvgIpc) is 2.40. The summed E-state index contributed by atoms with van der Waals surface area (Å²) in [7, 11) is 0. The van der Waals surface area contributed by atoms with Gasteiger partial charge in [-0.25, -0.2) is 0 Å². The Labute approximate surface area is 114 Å². The number of hydrogen-bond acceptors (Lipinski definition) is 2.